The summed E-state index contributed by atoms with van der Waals surface area (Å²) in [5.41, 5.74) is 2.48. The number of aryl methyl sites for hydroxylation is 1. The van der Waals surface area contributed by atoms with E-state index in [0.29, 0.717) is 5.56 Å². The second kappa shape index (κ2) is 4.78. The number of hydrogen-bond donors (Lipinski definition) is 2. The van der Waals surface area contributed by atoms with Crippen LogP contribution in [0.2, 0.25) is 0 Å². The van der Waals surface area contributed by atoms with Crippen LogP contribution in [-0.4, -0.2) is 21.1 Å². The van der Waals surface area contributed by atoms with Gasteiger partial charge in [-0.05, 0) is 25.5 Å². The first-order valence-electron chi connectivity index (χ1n) is 5.38. The standard InChI is InChI=1S/C12H14N4O/c1-8-3-10(5-13-4-8)12(17)16-9(2)11-6-14-15-7-11/h3-7,9H,1-2H3,(H,14,15)(H,16,17). The molecule has 1 amide bonds. The molecule has 0 aromatic carbocycles. The van der Waals surface area contributed by atoms with E-state index in [0.717, 1.165) is 11.1 Å². The number of nitrogens with zero attached hydrogens (tertiary/aromatic N) is 2. The first-order valence-corrected chi connectivity index (χ1v) is 5.38. The summed E-state index contributed by atoms with van der Waals surface area (Å²) >= 11 is 0. The molecule has 2 aromatic heterocycles. The van der Waals surface area contributed by atoms with E-state index in [4.69, 9.17) is 0 Å². The highest BCUT2D eigenvalue weighted by molar-refractivity contribution is 5.94. The van der Waals surface area contributed by atoms with Gasteiger partial charge < -0.3 is 5.32 Å². The number of carbonyl (C=O) groups is 1. The summed E-state index contributed by atoms with van der Waals surface area (Å²) in [5, 5.41) is 9.45. The maximum absolute atomic E-state index is 11.9. The number of H-pyrrole nitrogens is 1. The Hall–Kier alpha value is -2.17. The molecule has 5 heteroatoms. The van der Waals surface area contributed by atoms with E-state index >= 15 is 0 Å². The van der Waals surface area contributed by atoms with Crippen LogP contribution in [0.5, 0.6) is 0 Å². The molecule has 0 fully saturated rings. The van der Waals surface area contributed by atoms with Gasteiger partial charge in [0.15, 0.2) is 0 Å². The largest absolute Gasteiger partial charge is 0.345 e. The van der Waals surface area contributed by atoms with Crippen LogP contribution in [0, 0.1) is 6.92 Å². The highest BCUT2D eigenvalue weighted by atomic mass is 16.1. The SMILES string of the molecule is Cc1cncc(C(=O)NC(C)c2cn[nH]c2)c1. The van der Waals surface area contributed by atoms with Gasteiger partial charge in [-0.3, -0.25) is 14.9 Å². The lowest BCUT2D eigenvalue weighted by Crippen LogP contribution is -2.26. The van der Waals surface area contributed by atoms with Crippen LogP contribution in [0.3, 0.4) is 0 Å². The van der Waals surface area contributed by atoms with Gasteiger partial charge in [-0.2, -0.15) is 5.10 Å². The van der Waals surface area contributed by atoms with Crippen LogP contribution in [0.4, 0.5) is 0 Å². The van der Waals surface area contributed by atoms with Crippen molar-refractivity contribution in [2.24, 2.45) is 0 Å². The quantitative estimate of drug-likeness (QED) is 0.841. The number of amides is 1. The zero-order valence-electron chi connectivity index (χ0n) is 9.77. The fourth-order valence-electron chi connectivity index (χ4n) is 1.54. The van der Waals surface area contributed by atoms with Crippen molar-refractivity contribution in [2.75, 3.05) is 0 Å². The first-order chi connectivity index (χ1) is 8.16. The number of rotatable bonds is 3. The molecule has 1 atom stereocenters. The van der Waals surface area contributed by atoms with Gasteiger partial charge in [0.1, 0.15) is 0 Å². The van der Waals surface area contributed by atoms with Crippen LogP contribution in [0.15, 0.2) is 30.9 Å². The lowest BCUT2D eigenvalue weighted by atomic mass is 10.1. The van der Waals surface area contributed by atoms with Gasteiger partial charge >= 0.3 is 0 Å². The molecule has 0 spiro atoms. The van der Waals surface area contributed by atoms with Crippen molar-refractivity contribution < 1.29 is 4.79 Å². The predicted molar refractivity (Wildman–Crippen MR) is 63.4 cm³/mol. The highest BCUT2D eigenvalue weighted by Gasteiger charge is 2.12. The Morgan fingerprint density at radius 1 is 1.41 bits per heavy atom. The average Bonchev–Trinajstić information content (AvgIpc) is 2.82. The van der Waals surface area contributed by atoms with E-state index in [1.54, 1.807) is 24.8 Å². The van der Waals surface area contributed by atoms with Crippen LogP contribution >= 0.6 is 0 Å². The van der Waals surface area contributed by atoms with Crippen molar-refractivity contribution >= 4 is 5.91 Å². The van der Waals surface area contributed by atoms with Gasteiger partial charge in [0.2, 0.25) is 0 Å². The molecular weight excluding hydrogens is 216 g/mol. The molecule has 0 aliphatic carbocycles. The Morgan fingerprint density at radius 3 is 2.88 bits per heavy atom. The number of pyridine rings is 1. The minimum absolute atomic E-state index is 0.0817. The Labute approximate surface area is 99.3 Å². The maximum Gasteiger partial charge on any atom is 0.253 e. The molecule has 0 saturated heterocycles. The van der Waals surface area contributed by atoms with E-state index in [2.05, 4.69) is 20.5 Å². The van der Waals surface area contributed by atoms with Crippen LogP contribution in [0.25, 0.3) is 0 Å². The Morgan fingerprint density at radius 2 is 2.24 bits per heavy atom. The number of carbonyl (C=O) groups excluding carboxylic acids is 1. The van der Waals surface area contributed by atoms with E-state index in [-0.39, 0.29) is 11.9 Å². The molecule has 2 heterocycles. The lowest BCUT2D eigenvalue weighted by Gasteiger charge is -2.11. The number of aromatic amines is 1. The smallest absolute Gasteiger partial charge is 0.253 e. The zero-order valence-corrected chi connectivity index (χ0v) is 9.77. The second-order valence-electron chi connectivity index (χ2n) is 3.98. The lowest BCUT2D eigenvalue weighted by molar-refractivity contribution is 0.0939. The molecule has 0 aliphatic rings. The fraction of sp³-hybridized carbons (Fsp3) is 0.250. The van der Waals surface area contributed by atoms with Gasteiger partial charge in [0, 0.05) is 24.2 Å². The highest BCUT2D eigenvalue weighted by Crippen LogP contribution is 2.10. The zero-order chi connectivity index (χ0) is 12.3. The molecule has 0 aliphatic heterocycles. The van der Waals surface area contributed by atoms with Crippen molar-refractivity contribution in [1.29, 1.82) is 0 Å². The van der Waals surface area contributed by atoms with Gasteiger partial charge in [-0.25, -0.2) is 0 Å². The van der Waals surface area contributed by atoms with Gasteiger partial charge in [0.05, 0.1) is 17.8 Å². The average molecular weight is 230 g/mol. The van der Waals surface area contributed by atoms with Crippen molar-refractivity contribution in [2.45, 2.75) is 19.9 Å². The van der Waals surface area contributed by atoms with E-state index in [9.17, 15) is 4.79 Å². The number of aromatic nitrogens is 3. The van der Waals surface area contributed by atoms with Crippen molar-refractivity contribution in [1.82, 2.24) is 20.5 Å². The monoisotopic (exact) mass is 230 g/mol. The summed E-state index contributed by atoms with van der Waals surface area (Å²) in [4.78, 5) is 15.9. The molecular formula is C12H14N4O. The summed E-state index contributed by atoms with van der Waals surface area (Å²) in [6, 6.07) is 1.73. The minimum atomic E-state index is -0.130. The Balaban J connectivity index is 2.07. The van der Waals surface area contributed by atoms with Gasteiger partial charge in [-0.15, -0.1) is 0 Å². The number of nitrogens with one attached hydrogen (secondary N) is 2. The molecule has 0 bridgehead atoms. The normalized spacial score (nSPS) is 12.1. The first kappa shape index (κ1) is 11.3. The second-order valence-corrected chi connectivity index (χ2v) is 3.98. The molecule has 0 radical (unpaired) electrons. The van der Waals surface area contributed by atoms with Crippen LogP contribution in [-0.2, 0) is 0 Å². The van der Waals surface area contributed by atoms with E-state index < -0.39 is 0 Å². The fourth-order valence-corrected chi connectivity index (χ4v) is 1.54. The molecule has 88 valence electrons. The third-order valence-electron chi connectivity index (χ3n) is 2.50. The topological polar surface area (TPSA) is 70.7 Å². The summed E-state index contributed by atoms with van der Waals surface area (Å²) in [6.45, 7) is 3.81. The minimum Gasteiger partial charge on any atom is -0.345 e. The van der Waals surface area contributed by atoms with Gasteiger partial charge in [0.25, 0.3) is 5.91 Å². The third kappa shape index (κ3) is 2.69. The van der Waals surface area contributed by atoms with Crippen LogP contribution in [0.1, 0.15) is 34.5 Å². The van der Waals surface area contributed by atoms with Gasteiger partial charge in [-0.1, -0.05) is 0 Å². The summed E-state index contributed by atoms with van der Waals surface area (Å²) in [7, 11) is 0. The molecule has 17 heavy (non-hydrogen) atoms. The molecule has 1 unspecified atom stereocenters. The van der Waals surface area contributed by atoms with E-state index in [1.165, 1.54) is 0 Å². The Kier molecular flexibility index (Phi) is 3.18. The van der Waals surface area contributed by atoms with Crippen molar-refractivity contribution in [3.05, 3.63) is 47.5 Å². The summed E-state index contributed by atoms with van der Waals surface area (Å²) in [5.74, 6) is -0.130. The molecule has 2 aromatic rings. The Bertz CT molecular complexity index is 507. The molecule has 2 rings (SSSR count). The predicted octanol–water partition coefficient (Wildman–Crippen LogP) is 1.60. The summed E-state index contributed by atoms with van der Waals surface area (Å²) in [6.07, 6.45) is 6.74. The molecule has 5 nitrogen and oxygen atoms in total. The molecule has 2 N–H and O–H groups in total. The third-order valence-corrected chi connectivity index (χ3v) is 2.50. The van der Waals surface area contributed by atoms with Crippen molar-refractivity contribution in [3.8, 4) is 0 Å². The van der Waals surface area contributed by atoms with E-state index in [1.807, 2.05) is 19.9 Å². The van der Waals surface area contributed by atoms with Crippen molar-refractivity contribution in [3.63, 3.8) is 0 Å². The number of hydrogen-bond acceptors (Lipinski definition) is 3. The maximum atomic E-state index is 11.9. The van der Waals surface area contributed by atoms with Crippen LogP contribution < -0.4 is 5.32 Å². The summed E-state index contributed by atoms with van der Waals surface area (Å²) < 4.78 is 0. The molecule has 0 saturated carbocycles.